The maximum Gasteiger partial charge on any atom is 0.189 e. The van der Waals surface area contributed by atoms with E-state index in [0.717, 1.165) is 22.0 Å². The topological polar surface area (TPSA) is 77.6 Å². The first-order valence-electron chi connectivity index (χ1n) is 5.43. The number of aryl methyl sites for hydroxylation is 1. The molecule has 2 heterocycles. The van der Waals surface area contributed by atoms with Crippen LogP contribution in [0.15, 0.2) is 23.4 Å². The number of nitrogens with zero attached hydrogens (tertiary/aromatic N) is 4. The van der Waals surface area contributed by atoms with Crippen LogP contribution in [0.3, 0.4) is 0 Å². The fourth-order valence-electron chi connectivity index (χ4n) is 1.86. The summed E-state index contributed by atoms with van der Waals surface area (Å²) in [6.45, 7) is 2.03. The van der Waals surface area contributed by atoms with Crippen molar-refractivity contribution in [3.8, 4) is 0 Å². The molecular formula is C12H11N5S. The predicted octanol–water partition coefficient (Wildman–Crippen LogP) is 2.19. The fraction of sp³-hybridized carbons (Fsp3) is 0.167. The average molecular weight is 257 g/mol. The van der Waals surface area contributed by atoms with Crippen molar-refractivity contribution in [3.63, 3.8) is 0 Å². The minimum absolute atomic E-state index is 0.375. The van der Waals surface area contributed by atoms with Gasteiger partial charge in [-0.15, -0.1) is 10.2 Å². The van der Waals surface area contributed by atoms with Crippen molar-refractivity contribution >= 4 is 39.5 Å². The van der Waals surface area contributed by atoms with Crippen LogP contribution in [0.1, 0.15) is 5.56 Å². The molecule has 0 saturated heterocycles. The SMILES string of the molecule is CSc1nc(N)c2nnc3ccc(C)cc3c2n1. The molecule has 0 radical (unpaired) electrons. The molecule has 0 fully saturated rings. The highest BCUT2D eigenvalue weighted by molar-refractivity contribution is 7.98. The Labute approximate surface area is 108 Å². The Morgan fingerprint density at radius 1 is 1.11 bits per heavy atom. The van der Waals surface area contributed by atoms with Crippen molar-refractivity contribution in [3.05, 3.63) is 23.8 Å². The summed E-state index contributed by atoms with van der Waals surface area (Å²) in [6.07, 6.45) is 1.92. The molecule has 3 rings (SSSR count). The van der Waals surface area contributed by atoms with Crippen molar-refractivity contribution in [1.82, 2.24) is 20.2 Å². The molecule has 0 aliphatic carbocycles. The Morgan fingerprint density at radius 2 is 1.94 bits per heavy atom. The van der Waals surface area contributed by atoms with Crippen LogP contribution in [0.2, 0.25) is 0 Å². The maximum atomic E-state index is 5.89. The third kappa shape index (κ3) is 1.65. The van der Waals surface area contributed by atoms with Gasteiger partial charge in [-0.3, -0.25) is 0 Å². The van der Waals surface area contributed by atoms with Gasteiger partial charge in [0.1, 0.15) is 5.52 Å². The number of rotatable bonds is 1. The lowest BCUT2D eigenvalue weighted by Gasteiger charge is -2.05. The van der Waals surface area contributed by atoms with Gasteiger partial charge in [-0.1, -0.05) is 23.4 Å². The van der Waals surface area contributed by atoms with Crippen LogP contribution in [0, 0.1) is 6.92 Å². The third-order valence-corrected chi connectivity index (χ3v) is 3.29. The summed E-state index contributed by atoms with van der Waals surface area (Å²) < 4.78 is 0. The molecule has 2 aromatic heterocycles. The van der Waals surface area contributed by atoms with E-state index in [-0.39, 0.29) is 0 Å². The number of hydrogen-bond acceptors (Lipinski definition) is 6. The molecule has 1 aromatic carbocycles. The van der Waals surface area contributed by atoms with Gasteiger partial charge >= 0.3 is 0 Å². The highest BCUT2D eigenvalue weighted by atomic mass is 32.2. The van der Waals surface area contributed by atoms with Gasteiger partial charge in [-0.05, 0) is 25.3 Å². The molecule has 0 unspecified atom stereocenters. The first kappa shape index (κ1) is 11.2. The number of benzene rings is 1. The molecule has 0 spiro atoms. The molecule has 0 aliphatic rings. The molecule has 90 valence electrons. The second-order valence-corrected chi connectivity index (χ2v) is 4.79. The van der Waals surface area contributed by atoms with Crippen LogP contribution >= 0.6 is 11.8 Å². The summed E-state index contributed by atoms with van der Waals surface area (Å²) >= 11 is 1.46. The van der Waals surface area contributed by atoms with Crippen molar-refractivity contribution in [2.45, 2.75) is 12.1 Å². The lowest BCUT2D eigenvalue weighted by atomic mass is 10.1. The zero-order valence-electron chi connectivity index (χ0n) is 10.0. The zero-order chi connectivity index (χ0) is 12.7. The molecule has 0 bridgehead atoms. The Hall–Kier alpha value is -1.95. The number of nitrogens with two attached hydrogens (primary N) is 1. The largest absolute Gasteiger partial charge is 0.382 e. The highest BCUT2D eigenvalue weighted by Gasteiger charge is 2.10. The van der Waals surface area contributed by atoms with E-state index in [1.807, 2.05) is 31.4 Å². The van der Waals surface area contributed by atoms with Crippen molar-refractivity contribution in [1.29, 1.82) is 0 Å². The van der Waals surface area contributed by atoms with Crippen LogP contribution in [0.25, 0.3) is 21.9 Å². The summed E-state index contributed by atoms with van der Waals surface area (Å²) in [5, 5.41) is 9.87. The summed E-state index contributed by atoms with van der Waals surface area (Å²) in [4.78, 5) is 8.67. The summed E-state index contributed by atoms with van der Waals surface area (Å²) in [5.41, 5.74) is 9.19. The van der Waals surface area contributed by atoms with Crippen LogP contribution in [0.4, 0.5) is 5.82 Å². The van der Waals surface area contributed by atoms with E-state index >= 15 is 0 Å². The minimum atomic E-state index is 0.375. The molecule has 6 heteroatoms. The molecule has 5 nitrogen and oxygen atoms in total. The van der Waals surface area contributed by atoms with E-state index in [1.165, 1.54) is 11.8 Å². The number of nitrogen functional groups attached to an aromatic ring is 1. The number of anilines is 1. The van der Waals surface area contributed by atoms with E-state index in [0.29, 0.717) is 16.5 Å². The molecule has 3 aromatic rings. The van der Waals surface area contributed by atoms with Gasteiger partial charge in [0.05, 0.1) is 5.52 Å². The standard InChI is InChI=1S/C12H11N5S/c1-6-3-4-8-7(5-6)9-10(17-16-8)11(13)15-12(14-9)18-2/h3-5H,1-2H3,(H2,13,14,15). The first-order valence-corrected chi connectivity index (χ1v) is 6.66. The molecule has 0 saturated carbocycles. The van der Waals surface area contributed by atoms with Gasteiger partial charge in [0.15, 0.2) is 16.5 Å². The molecule has 2 N–H and O–H groups in total. The van der Waals surface area contributed by atoms with Gasteiger partial charge in [-0.2, -0.15) is 0 Å². The number of aromatic nitrogens is 4. The molecular weight excluding hydrogens is 246 g/mol. The van der Waals surface area contributed by atoms with Gasteiger partial charge in [0.2, 0.25) is 0 Å². The highest BCUT2D eigenvalue weighted by Crippen LogP contribution is 2.25. The molecule has 18 heavy (non-hydrogen) atoms. The normalized spacial score (nSPS) is 11.2. The number of hydrogen-bond donors (Lipinski definition) is 1. The van der Waals surface area contributed by atoms with Crippen LogP contribution < -0.4 is 5.73 Å². The molecule has 0 atom stereocenters. The molecule has 0 aliphatic heterocycles. The average Bonchev–Trinajstić information content (AvgIpc) is 2.38. The number of thioether (sulfide) groups is 1. The second kappa shape index (κ2) is 4.06. The second-order valence-electron chi connectivity index (χ2n) is 4.01. The monoisotopic (exact) mass is 257 g/mol. The Bertz CT molecular complexity index is 756. The van der Waals surface area contributed by atoms with Crippen molar-refractivity contribution in [2.24, 2.45) is 0 Å². The zero-order valence-corrected chi connectivity index (χ0v) is 10.8. The predicted molar refractivity (Wildman–Crippen MR) is 73.6 cm³/mol. The Balaban J connectivity index is 2.51. The summed E-state index contributed by atoms with van der Waals surface area (Å²) in [7, 11) is 0. The van der Waals surface area contributed by atoms with Crippen molar-refractivity contribution in [2.75, 3.05) is 12.0 Å². The van der Waals surface area contributed by atoms with Crippen molar-refractivity contribution < 1.29 is 0 Å². The fourth-order valence-corrected chi connectivity index (χ4v) is 2.23. The Kier molecular flexibility index (Phi) is 2.52. The Morgan fingerprint density at radius 3 is 2.72 bits per heavy atom. The van der Waals surface area contributed by atoms with Gasteiger partial charge in [0.25, 0.3) is 0 Å². The maximum absolute atomic E-state index is 5.89. The van der Waals surface area contributed by atoms with E-state index in [9.17, 15) is 0 Å². The van der Waals surface area contributed by atoms with Gasteiger partial charge in [0, 0.05) is 5.39 Å². The first-order chi connectivity index (χ1) is 8.69. The van der Waals surface area contributed by atoms with Gasteiger partial charge < -0.3 is 5.73 Å². The van der Waals surface area contributed by atoms with Crippen LogP contribution in [-0.2, 0) is 0 Å². The lowest BCUT2D eigenvalue weighted by molar-refractivity contribution is 0.997. The van der Waals surface area contributed by atoms with Crippen LogP contribution in [0.5, 0.6) is 0 Å². The summed E-state index contributed by atoms with van der Waals surface area (Å²) in [5.74, 6) is 0.375. The smallest absolute Gasteiger partial charge is 0.189 e. The van der Waals surface area contributed by atoms with E-state index in [4.69, 9.17) is 5.73 Å². The summed E-state index contributed by atoms with van der Waals surface area (Å²) in [6, 6.07) is 5.99. The minimum Gasteiger partial charge on any atom is -0.382 e. The molecule has 0 amide bonds. The number of fused-ring (bicyclic) bond motifs is 3. The van der Waals surface area contributed by atoms with E-state index in [2.05, 4.69) is 20.2 Å². The van der Waals surface area contributed by atoms with Gasteiger partial charge in [-0.25, -0.2) is 9.97 Å². The lowest BCUT2D eigenvalue weighted by Crippen LogP contribution is -2.00. The van der Waals surface area contributed by atoms with Crippen LogP contribution in [-0.4, -0.2) is 26.4 Å². The van der Waals surface area contributed by atoms with E-state index in [1.54, 1.807) is 0 Å². The van der Waals surface area contributed by atoms with E-state index < -0.39 is 0 Å². The quantitative estimate of drug-likeness (QED) is 0.409. The third-order valence-electron chi connectivity index (χ3n) is 2.74.